The molecule has 1 aromatic carbocycles. The highest BCUT2D eigenvalue weighted by Gasteiger charge is 2.14. The van der Waals surface area contributed by atoms with Crippen LogP contribution in [-0.4, -0.2) is 22.1 Å². The van der Waals surface area contributed by atoms with E-state index in [4.69, 9.17) is 14.7 Å². The Morgan fingerprint density at radius 3 is 2.76 bits per heavy atom. The molecule has 0 saturated heterocycles. The quantitative estimate of drug-likeness (QED) is 0.815. The minimum Gasteiger partial charge on any atom is -0.497 e. The molecule has 110 valence electrons. The van der Waals surface area contributed by atoms with Gasteiger partial charge < -0.3 is 9.47 Å². The maximum absolute atomic E-state index is 9.10. The summed E-state index contributed by atoms with van der Waals surface area (Å²) < 4.78 is 12.6. The third-order valence-corrected chi connectivity index (χ3v) is 2.90. The Bertz CT molecular complexity index is 643. The van der Waals surface area contributed by atoms with Crippen LogP contribution in [0.3, 0.4) is 0 Å². The Morgan fingerprint density at radius 1 is 1.33 bits per heavy atom. The van der Waals surface area contributed by atoms with Crippen molar-refractivity contribution in [3.05, 3.63) is 35.7 Å². The van der Waals surface area contributed by atoms with Crippen molar-refractivity contribution in [2.24, 2.45) is 5.92 Å². The average Bonchev–Trinajstić information content (AvgIpc) is 2.86. The van der Waals surface area contributed by atoms with Crippen molar-refractivity contribution in [1.29, 1.82) is 5.26 Å². The summed E-state index contributed by atoms with van der Waals surface area (Å²) in [7, 11) is 1.61. The number of benzene rings is 1. The first-order chi connectivity index (χ1) is 10.1. The summed E-state index contributed by atoms with van der Waals surface area (Å²) >= 11 is 0. The number of ether oxygens (including phenoxy) is 2. The fourth-order valence-electron chi connectivity index (χ4n) is 1.90. The summed E-state index contributed by atoms with van der Waals surface area (Å²) in [6.45, 7) is 5.11. The van der Waals surface area contributed by atoms with Crippen LogP contribution in [0, 0.1) is 17.2 Å². The van der Waals surface area contributed by atoms with Crippen molar-refractivity contribution < 1.29 is 9.47 Å². The monoisotopic (exact) mass is 286 g/mol. The van der Waals surface area contributed by atoms with E-state index in [-0.39, 0.29) is 6.61 Å². The van der Waals surface area contributed by atoms with Crippen LogP contribution in [0.1, 0.15) is 25.2 Å². The molecule has 6 heteroatoms. The highest BCUT2D eigenvalue weighted by Crippen LogP contribution is 2.20. The van der Waals surface area contributed by atoms with E-state index in [0.29, 0.717) is 29.6 Å². The Balaban J connectivity index is 2.15. The molecule has 0 saturated carbocycles. The zero-order valence-electron chi connectivity index (χ0n) is 12.4. The fraction of sp³-hybridized carbons (Fsp3) is 0.400. The number of nitriles is 1. The number of nitrogens with zero attached hydrogens (tertiary/aromatic N) is 4. The van der Waals surface area contributed by atoms with E-state index < -0.39 is 0 Å². The van der Waals surface area contributed by atoms with Crippen molar-refractivity contribution in [3.8, 4) is 17.6 Å². The molecule has 2 aromatic rings. The molecule has 2 rings (SSSR count). The molecule has 0 unspecified atom stereocenters. The minimum atomic E-state index is 0.246. The van der Waals surface area contributed by atoms with E-state index in [1.54, 1.807) is 17.9 Å². The van der Waals surface area contributed by atoms with Crippen LogP contribution < -0.4 is 9.47 Å². The van der Waals surface area contributed by atoms with E-state index in [0.717, 1.165) is 5.75 Å². The van der Waals surface area contributed by atoms with Crippen LogP contribution in [-0.2, 0) is 13.2 Å². The molecule has 0 amide bonds. The predicted octanol–water partition coefficient (Wildman–Crippen LogP) is 2.39. The van der Waals surface area contributed by atoms with Crippen LogP contribution in [0.4, 0.5) is 0 Å². The number of rotatable bonds is 6. The Hall–Kier alpha value is -2.55. The molecule has 21 heavy (non-hydrogen) atoms. The molecule has 1 aromatic heterocycles. The van der Waals surface area contributed by atoms with Gasteiger partial charge in [0.2, 0.25) is 0 Å². The van der Waals surface area contributed by atoms with Gasteiger partial charge in [-0.05, 0) is 18.1 Å². The van der Waals surface area contributed by atoms with Gasteiger partial charge in [-0.15, -0.1) is 5.10 Å². The van der Waals surface area contributed by atoms with Crippen LogP contribution in [0.5, 0.6) is 11.5 Å². The molecule has 0 radical (unpaired) electrons. The maximum atomic E-state index is 9.10. The SMILES string of the molecule is COc1cccc(OCc2c(C#N)nnn2CC(C)C)c1. The second-order valence-electron chi connectivity index (χ2n) is 5.04. The van der Waals surface area contributed by atoms with Gasteiger partial charge in [-0.2, -0.15) is 5.26 Å². The van der Waals surface area contributed by atoms with Crippen molar-refractivity contribution >= 4 is 0 Å². The second-order valence-corrected chi connectivity index (χ2v) is 5.04. The summed E-state index contributed by atoms with van der Waals surface area (Å²) in [5, 5.41) is 17.0. The van der Waals surface area contributed by atoms with Gasteiger partial charge in [0, 0.05) is 12.6 Å². The third-order valence-electron chi connectivity index (χ3n) is 2.90. The molecule has 0 fully saturated rings. The number of aromatic nitrogens is 3. The predicted molar refractivity (Wildman–Crippen MR) is 76.9 cm³/mol. The number of hydrogen-bond donors (Lipinski definition) is 0. The molecule has 0 aliphatic heterocycles. The lowest BCUT2D eigenvalue weighted by molar-refractivity contribution is 0.285. The van der Waals surface area contributed by atoms with Crippen molar-refractivity contribution in [2.75, 3.05) is 7.11 Å². The Labute approximate surface area is 123 Å². The van der Waals surface area contributed by atoms with Crippen molar-refractivity contribution in [3.63, 3.8) is 0 Å². The van der Waals surface area contributed by atoms with Crippen LogP contribution >= 0.6 is 0 Å². The fourth-order valence-corrected chi connectivity index (χ4v) is 1.90. The zero-order chi connectivity index (χ0) is 15.2. The minimum absolute atomic E-state index is 0.246. The smallest absolute Gasteiger partial charge is 0.189 e. The first kappa shape index (κ1) is 14.9. The largest absolute Gasteiger partial charge is 0.497 e. The van der Waals surface area contributed by atoms with Crippen molar-refractivity contribution in [2.45, 2.75) is 27.0 Å². The van der Waals surface area contributed by atoms with Gasteiger partial charge in [-0.25, -0.2) is 4.68 Å². The van der Waals surface area contributed by atoms with E-state index in [1.807, 2.05) is 24.3 Å². The third kappa shape index (κ3) is 3.72. The first-order valence-corrected chi connectivity index (χ1v) is 6.73. The van der Waals surface area contributed by atoms with E-state index in [1.165, 1.54) is 0 Å². The van der Waals surface area contributed by atoms with E-state index in [2.05, 4.69) is 24.2 Å². The molecule has 1 heterocycles. The summed E-state index contributed by atoms with van der Waals surface area (Å²) in [5.41, 5.74) is 0.993. The molecule has 0 aliphatic rings. The number of methoxy groups -OCH3 is 1. The van der Waals surface area contributed by atoms with Crippen molar-refractivity contribution in [1.82, 2.24) is 15.0 Å². The van der Waals surface area contributed by atoms with Gasteiger partial charge in [0.05, 0.1) is 7.11 Å². The lowest BCUT2D eigenvalue weighted by atomic mass is 10.2. The van der Waals surface area contributed by atoms with Crippen LogP contribution in [0.2, 0.25) is 0 Å². The molecular formula is C15H18N4O2. The van der Waals surface area contributed by atoms with Crippen LogP contribution in [0.25, 0.3) is 0 Å². The Morgan fingerprint density at radius 2 is 2.10 bits per heavy atom. The molecule has 0 bridgehead atoms. The van der Waals surface area contributed by atoms with Gasteiger partial charge >= 0.3 is 0 Å². The summed E-state index contributed by atoms with van der Waals surface area (Å²) in [5.74, 6) is 1.81. The first-order valence-electron chi connectivity index (χ1n) is 6.73. The molecular weight excluding hydrogens is 268 g/mol. The summed E-state index contributed by atoms with van der Waals surface area (Å²) in [6.07, 6.45) is 0. The van der Waals surface area contributed by atoms with Gasteiger partial charge in [0.1, 0.15) is 29.9 Å². The maximum Gasteiger partial charge on any atom is 0.189 e. The Kier molecular flexibility index (Phi) is 4.77. The highest BCUT2D eigenvalue weighted by atomic mass is 16.5. The molecule has 6 nitrogen and oxygen atoms in total. The molecule has 0 N–H and O–H groups in total. The van der Waals surface area contributed by atoms with Gasteiger partial charge in [0.15, 0.2) is 5.69 Å². The normalized spacial score (nSPS) is 10.4. The van der Waals surface area contributed by atoms with Crippen LogP contribution in [0.15, 0.2) is 24.3 Å². The molecule has 0 aliphatic carbocycles. The highest BCUT2D eigenvalue weighted by molar-refractivity contribution is 5.33. The average molecular weight is 286 g/mol. The van der Waals surface area contributed by atoms with Gasteiger partial charge in [-0.1, -0.05) is 25.1 Å². The zero-order valence-corrected chi connectivity index (χ0v) is 12.4. The molecule has 0 spiro atoms. The topological polar surface area (TPSA) is 73.0 Å². The van der Waals surface area contributed by atoms with E-state index in [9.17, 15) is 0 Å². The summed E-state index contributed by atoms with van der Waals surface area (Å²) in [6, 6.07) is 9.38. The lowest BCUT2D eigenvalue weighted by Gasteiger charge is -2.11. The van der Waals surface area contributed by atoms with Gasteiger partial charge in [0.25, 0.3) is 0 Å². The lowest BCUT2D eigenvalue weighted by Crippen LogP contribution is -2.12. The summed E-state index contributed by atoms with van der Waals surface area (Å²) in [4.78, 5) is 0. The second kappa shape index (κ2) is 6.75. The molecule has 0 atom stereocenters. The van der Waals surface area contributed by atoms with E-state index >= 15 is 0 Å². The number of hydrogen-bond acceptors (Lipinski definition) is 5. The van der Waals surface area contributed by atoms with Gasteiger partial charge in [-0.3, -0.25) is 0 Å². The standard InChI is InChI=1S/C15H18N4O2/c1-11(2)9-19-15(14(8-16)17-18-19)10-21-13-6-4-5-12(7-13)20-3/h4-7,11H,9-10H2,1-3H3.